The molecule has 1 aliphatic heterocycles. The minimum Gasteiger partial charge on any atom is -0.474 e. The highest BCUT2D eigenvalue weighted by Crippen LogP contribution is 2.40. The molecule has 3 heterocycles. The number of nitrogens with zero attached hydrogens (tertiary/aromatic N) is 4. The molecule has 0 unspecified atom stereocenters. The van der Waals surface area contributed by atoms with Gasteiger partial charge in [-0.1, -0.05) is 18.3 Å². The minimum absolute atomic E-state index is 0.158. The zero-order chi connectivity index (χ0) is 20.9. The highest BCUT2D eigenvalue weighted by molar-refractivity contribution is 8.17. The molecule has 3 rings (SSSR count). The molecule has 0 spiro atoms. The number of nitrogens with two attached hydrogens (primary N) is 1. The number of aliphatic imine (C=N–C) groups is 1. The van der Waals surface area contributed by atoms with Gasteiger partial charge in [0.15, 0.2) is 5.17 Å². The van der Waals surface area contributed by atoms with Gasteiger partial charge in [0.25, 0.3) is 5.91 Å². The molecule has 0 fully saturated rings. The monoisotopic (exact) mass is 414 g/mol. The topological polar surface area (TPSA) is 125 Å². The Morgan fingerprint density at radius 1 is 1.31 bits per heavy atom. The van der Waals surface area contributed by atoms with Crippen molar-refractivity contribution in [3.05, 3.63) is 53.6 Å². The molecule has 0 radical (unpaired) electrons. The van der Waals surface area contributed by atoms with E-state index in [-0.39, 0.29) is 5.69 Å². The molecule has 0 saturated heterocycles. The maximum atomic E-state index is 12.5. The fraction of sp³-hybridized carbons (Fsp3) is 0.316. The Bertz CT molecular complexity index is 934. The predicted octanol–water partition coefficient (Wildman–Crippen LogP) is 2.33. The third-order valence-corrected chi connectivity index (χ3v) is 4.90. The van der Waals surface area contributed by atoms with Crippen LogP contribution in [-0.2, 0) is 10.3 Å². The van der Waals surface area contributed by atoms with E-state index < -0.39 is 11.4 Å². The number of thioether (sulfide) groups is 1. The first-order valence-corrected chi connectivity index (χ1v) is 9.63. The number of nitrogens with one attached hydrogen (secondary N) is 1. The molecule has 9 nitrogen and oxygen atoms in total. The molecule has 0 saturated carbocycles. The Labute approximate surface area is 172 Å². The zero-order valence-electron chi connectivity index (χ0n) is 16.2. The van der Waals surface area contributed by atoms with Gasteiger partial charge < -0.3 is 20.5 Å². The van der Waals surface area contributed by atoms with Crippen molar-refractivity contribution in [2.45, 2.75) is 18.9 Å². The Morgan fingerprint density at radius 2 is 2.14 bits per heavy atom. The number of amides is 1. The van der Waals surface area contributed by atoms with Crippen LogP contribution in [0.4, 0.5) is 5.69 Å². The first kappa shape index (κ1) is 20.7. The number of methoxy groups -OCH3 is 1. The molecule has 1 amide bonds. The third kappa shape index (κ3) is 5.30. The number of anilines is 1. The summed E-state index contributed by atoms with van der Waals surface area (Å²) in [5.41, 5.74) is 6.84. The van der Waals surface area contributed by atoms with Crippen molar-refractivity contribution in [3.63, 3.8) is 0 Å². The standard InChI is InChI=1S/C19H22N6O3S/c1-12-7-19(2,25-18(20)29-12)13-6-14(9-21-8-13)24-17(26)15-10-23-16(11-22-15)28-5-4-27-3/h6,8-11H,1,4-5,7H2,2-3H3,(H2,20,25)(H,24,26)/t19-/m0/s1. The molecular formula is C19H22N6O3S. The van der Waals surface area contributed by atoms with E-state index >= 15 is 0 Å². The van der Waals surface area contributed by atoms with Crippen LogP contribution in [-0.4, -0.2) is 46.4 Å². The fourth-order valence-corrected chi connectivity index (χ4v) is 3.67. The summed E-state index contributed by atoms with van der Waals surface area (Å²) in [6.45, 7) is 6.76. The van der Waals surface area contributed by atoms with Crippen molar-refractivity contribution in [1.82, 2.24) is 15.0 Å². The molecule has 0 bridgehead atoms. The number of hydrogen-bond acceptors (Lipinski definition) is 9. The van der Waals surface area contributed by atoms with Crippen LogP contribution in [0.1, 0.15) is 29.4 Å². The largest absolute Gasteiger partial charge is 0.474 e. The molecule has 1 atom stereocenters. The number of ether oxygens (including phenoxy) is 2. The molecule has 152 valence electrons. The summed E-state index contributed by atoms with van der Waals surface area (Å²) in [6, 6.07) is 1.82. The summed E-state index contributed by atoms with van der Waals surface area (Å²) >= 11 is 1.37. The number of rotatable bonds is 7. The summed E-state index contributed by atoms with van der Waals surface area (Å²) in [5, 5.41) is 3.24. The lowest BCUT2D eigenvalue weighted by atomic mass is 9.90. The number of amidine groups is 1. The highest BCUT2D eigenvalue weighted by Gasteiger charge is 2.32. The van der Waals surface area contributed by atoms with Gasteiger partial charge in [-0.05, 0) is 17.9 Å². The van der Waals surface area contributed by atoms with Crippen LogP contribution in [0.3, 0.4) is 0 Å². The summed E-state index contributed by atoms with van der Waals surface area (Å²) in [7, 11) is 1.58. The Kier molecular flexibility index (Phi) is 6.45. The maximum absolute atomic E-state index is 12.5. The molecule has 0 aliphatic carbocycles. The second kappa shape index (κ2) is 9.01. The van der Waals surface area contributed by atoms with Crippen LogP contribution in [0.15, 0.2) is 47.3 Å². The van der Waals surface area contributed by atoms with Crippen molar-refractivity contribution in [1.29, 1.82) is 0 Å². The van der Waals surface area contributed by atoms with Gasteiger partial charge in [0.05, 0.1) is 36.4 Å². The molecule has 10 heteroatoms. The van der Waals surface area contributed by atoms with E-state index in [1.165, 1.54) is 24.2 Å². The molecular weight excluding hydrogens is 392 g/mol. The van der Waals surface area contributed by atoms with E-state index in [1.807, 2.05) is 13.0 Å². The first-order chi connectivity index (χ1) is 13.9. The van der Waals surface area contributed by atoms with Gasteiger partial charge in [0.1, 0.15) is 12.3 Å². The lowest BCUT2D eigenvalue weighted by Gasteiger charge is -2.30. The second-order valence-corrected chi connectivity index (χ2v) is 7.74. The van der Waals surface area contributed by atoms with Crippen LogP contribution in [0.2, 0.25) is 0 Å². The summed E-state index contributed by atoms with van der Waals surface area (Å²) < 4.78 is 10.2. The Balaban J connectivity index is 1.71. The molecule has 0 aromatic carbocycles. The van der Waals surface area contributed by atoms with Gasteiger partial charge in [0, 0.05) is 25.3 Å². The van der Waals surface area contributed by atoms with Gasteiger partial charge in [-0.15, -0.1) is 0 Å². The highest BCUT2D eigenvalue weighted by atomic mass is 32.2. The number of hydrogen-bond donors (Lipinski definition) is 2. The van der Waals surface area contributed by atoms with Gasteiger partial charge in [-0.25, -0.2) is 9.97 Å². The lowest BCUT2D eigenvalue weighted by molar-refractivity contribution is 0.102. The lowest BCUT2D eigenvalue weighted by Crippen LogP contribution is -2.28. The number of aromatic nitrogens is 3. The molecule has 2 aromatic heterocycles. The quantitative estimate of drug-likeness (QED) is 0.662. The van der Waals surface area contributed by atoms with Crippen molar-refractivity contribution < 1.29 is 14.3 Å². The van der Waals surface area contributed by atoms with Crippen molar-refractivity contribution in [2.75, 3.05) is 25.6 Å². The van der Waals surface area contributed by atoms with Crippen molar-refractivity contribution in [3.8, 4) is 5.88 Å². The van der Waals surface area contributed by atoms with E-state index in [4.69, 9.17) is 15.2 Å². The number of carbonyl (C=O) groups is 1. The molecule has 3 N–H and O–H groups in total. The second-order valence-electron chi connectivity index (χ2n) is 6.54. The average molecular weight is 414 g/mol. The Morgan fingerprint density at radius 3 is 2.83 bits per heavy atom. The zero-order valence-corrected chi connectivity index (χ0v) is 17.0. The SMILES string of the molecule is C=C1C[C@@](C)(c2cncc(NC(=O)c3cnc(OCCOC)cn3)c2)N=C(N)S1. The molecule has 29 heavy (non-hydrogen) atoms. The van der Waals surface area contributed by atoms with Gasteiger partial charge in [-0.3, -0.25) is 14.8 Å². The van der Waals surface area contributed by atoms with Crippen LogP contribution in [0.25, 0.3) is 0 Å². The summed E-state index contributed by atoms with van der Waals surface area (Å²) in [5.74, 6) is -0.0855. The summed E-state index contributed by atoms with van der Waals surface area (Å²) in [4.78, 5) is 30.4. The number of pyridine rings is 1. The van der Waals surface area contributed by atoms with Gasteiger partial charge >= 0.3 is 0 Å². The van der Waals surface area contributed by atoms with E-state index in [1.54, 1.807) is 19.5 Å². The number of carbonyl (C=O) groups excluding carboxylic acids is 1. The molecule has 1 aliphatic rings. The smallest absolute Gasteiger partial charge is 0.275 e. The van der Waals surface area contributed by atoms with Crippen LogP contribution in [0.5, 0.6) is 5.88 Å². The summed E-state index contributed by atoms with van der Waals surface area (Å²) in [6.07, 6.45) is 6.64. The third-order valence-electron chi connectivity index (χ3n) is 4.16. The van der Waals surface area contributed by atoms with E-state index in [0.29, 0.717) is 36.4 Å². The van der Waals surface area contributed by atoms with E-state index in [2.05, 4.69) is 31.8 Å². The van der Waals surface area contributed by atoms with Crippen LogP contribution < -0.4 is 15.8 Å². The van der Waals surface area contributed by atoms with Crippen molar-refractivity contribution in [2.24, 2.45) is 10.7 Å². The normalized spacial score (nSPS) is 18.8. The van der Waals surface area contributed by atoms with Gasteiger partial charge in [-0.2, -0.15) is 0 Å². The van der Waals surface area contributed by atoms with E-state index in [9.17, 15) is 4.79 Å². The first-order valence-electron chi connectivity index (χ1n) is 8.81. The van der Waals surface area contributed by atoms with Crippen LogP contribution in [0, 0.1) is 0 Å². The fourth-order valence-electron chi connectivity index (χ4n) is 2.78. The van der Waals surface area contributed by atoms with Crippen molar-refractivity contribution >= 4 is 28.5 Å². The predicted molar refractivity (Wildman–Crippen MR) is 112 cm³/mol. The minimum atomic E-state index is -0.582. The van der Waals surface area contributed by atoms with Crippen LogP contribution >= 0.6 is 11.8 Å². The van der Waals surface area contributed by atoms with Gasteiger partial charge in [0.2, 0.25) is 5.88 Å². The maximum Gasteiger partial charge on any atom is 0.275 e. The Hall–Kier alpha value is -2.98. The molecule has 2 aromatic rings. The van der Waals surface area contributed by atoms with E-state index in [0.717, 1.165) is 10.5 Å². The average Bonchev–Trinajstić information content (AvgIpc) is 2.68.